The minimum absolute atomic E-state index is 0.283. The predicted octanol–water partition coefficient (Wildman–Crippen LogP) is 3.21. The lowest BCUT2D eigenvalue weighted by Gasteiger charge is -2.08. The van der Waals surface area contributed by atoms with Crippen LogP contribution in [0, 0.1) is 5.82 Å². The Bertz CT molecular complexity index is 348. The highest BCUT2D eigenvalue weighted by Gasteiger charge is 2.30. The van der Waals surface area contributed by atoms with Crippen molar-refractivity contribution in [3.8, 4) is 0 Å². The molecule has 0 fully saturated rings. The molecule has 0 unspecified atom stereocenters. The van der Waals surface area contributed by atoms with Crippen LogP contribution in [0.2, 0.25) is 0 Å². The molecule has 0 aliphatic rings. The number of rotatable bonds is 2. The summed E-state index contributed by atoms with van der Waals surface area (Å²) >= 11 is 4.35. The zero-order valence-electron chi connectivity index (χ0n) is 6.73. The predicted molar refractivity (Wildman–Crippen MR) is 48.7 cm³/mol. The third-order valence-corrected chi connectivity index (χ3v) is 1.63. The van der Waals surface area contributed by atoms with E-state index < -0.39 is 17.6 Å². The van der Waals surface area contributed by atoms with Crippen molar-refractivity contribution in [3.05, 3.63) is 29.6 Å². The smallest absolute Gasteiger partial charge is 0.350 e. The molecule has 1 N–H and O–H groups in total. The maximum absolute atomic E-state index is 12.8. The summed E-state index contributed by atoms with van der Waals surface area (Å²) in [6.07, 6.45) is -4.48. The first-order chi connectivity index (χ1) is 6.45. The lowest BCUT2D eigenvalue weighted by Crippen LogP contribution is -2.06. The quantitative estimate of drug-likeness (QED) is 0.610. The van der Waals surface area contributed by atoms with Crippen LogP contribution in [-0.2, 0) is 6.18 Å². The Morgan fingerprint density at radius 1 is 1.29 bits per heavy atom. The van der Waals surface area contributed by atoms with E-state index in [0.29, 0.717) is 12.1 Å². The van der Waals surface area contributed by atoms with E-state index in [9.17, 15) is 17.6 Å². The highest BCUT2D eigenvalue weighted by atomic mass is 32.1. The fourth-order valence-corrected chi connectivity index (χ4v) is 1.00. The van der Waals surface area contributed by atoms with Gasteiger partial charge in [0.2, 0.25) is 0 Å². The van der Waals surface area contributed by atoms with Crippen LogP contribution < -0.4 is 5.32 Å². The molecule has 0 heterocycles. The van der Waals surface area contributed by atoms with Gasteiger partial charge in [0.15, 0.2) is 0 Å². The van der Waals surface area contributed by atoms with Crippen LogP contribution >= 0.6 is 12.2 Å². The van der Waals surface area contributed by atoms with Gasteiger partial charge in [0.1, 0.15) is 5.82 Å². The molecule has 1 aromatic carbocycles. The maximum atomic E-state index is 12.8. The van der Waals surface area contributed by atoms with Crippen LogP contribution in [0.25, 0.3) is 0 Å². The molecular weight excluding hydrogens is 218 g/mol. The Morgan fingerprint density at radius 2 is 1.93 bits per heavy atom. The van der Waals surface area contributed by atoms with Gasteiger partial charge in [-0.05, 0) is 18.2 Å². The van der Waals surface area contributed by atoms with E-state index in [1.54, 1.807) is 0 Å². The molecule has 1 nitrogen and oxygen atoms in total. The summed E-state index contributed by atoms with van der Waals surface area (Å²) in [6.45, 7) is 0. The molecule has 1 rings (SSSR count). The molecule has 0 spiro atoms. The summed E-state index contributed by atoms with van der Waals surface area (Å²) in [5.41, 5.74) is -0.258. The summed E-state index contributed by atoms with van der Waals surface area (Å²) in [6, 6.07) is 2.08. The number of benzene rings is 1. The Hall–Kier alpha value is -1.17. The van der Waals surface area contributed by atoms with Crippen LogP contribution in [0.1, 0.15) is 5.56 Å². The van der Waals surface area contributed by atoms with E-state index in [1.165, 1.54) is 0 Å². The Morgan fingerprint density at radius 3 is 2.43 bits per heavy atom. The van der Waals surface area contributed by atoms with Gasteiger partial charge in [-0.3, -0.25) is 0 Å². The molecule has 0 atom stereocenters. The van der Waals surface area contributed by atoms with Crippen LogP contribution in [0.15, 0.2) is 18.2 Å². The molecule has 76 valence electrons. The number of thiocarbonyl (C=S) groups is 1. The molecule has 0 bridgehead atoms. The van der Waals surface area contributed by atoms with Gasteiger partial charge in [0.05, 0.1) is 16.7 Å². The van der Waals surface area contributed by atoms with Gasteiger partial charge in [0.25, 0.3) is 0 Å². The Balaban J connectivity index is 3.12. The zero-order valence-corrected chi connectivity index (χ0v) is 7.55. The lowest BCUT2D eigenvalue weighted by molar-refractivity contribution is -0.137. The van der Waals surface area contributed by atoms with Gasteiger partial charge < -0.3 is 5.32 Å². The zero-order chi connectivity index (χ0) is 10.8. The van der Waals surface area contributed by atoms with Crippen LogP contribution in [0.3, 0.4) is 0 Å². The van der Waals surface area contributed by atoms with Gasteiger partial charge in [-0.15, -0.1) is 0 Å². The van der Waals surface area contributed by atoms with Crippen LogP contribution in [0.5, 0.6) is 0 Å². The fourth-order valence-electron chi connectivity index (χ4n) is 0.876. The van der Waals surface area contributed by atoms with E-state index in [0.717, 1.165) is 11.6 Å². The number of nitrogens with one attached hydrogen (secondary N) is 1. The molecule has 1 aromatic rings. The fraction of sp³-hybridized carbons (Fsp3) is 0.125. The van der Waals surface area contributed by atoms with Gasteiger partial charge in [-0.1, -0.05) is 12.2 Å². The van der Waals surface area contributed by atoms with Crippen molar-refractivity contribution in [1.29, 1.82) is 0 Å². The molecule has 0 amide bonds. The van der Waals surface area contributed by atoms with Crippen molar-refractivity contribution >= 4 is 23.4 Å². The van der Waals surface area contributed by atoms with E-state index >= 15 is 0 Å². The molecule has 6 heteroatoms. The Labute approximate surface area is 82.7 Å². The second kappa shape index (κ2) is 3.91. The average molecular weight is 223 g/mol. The SMILES string of the molecule is Fc1ccc(C(F)(F)F)cc1NC=S. The molecule has 0 saturated carbocycles. The number of hydrogen-bond donors (Lipinski definition) is 1. The molecule has 14 heavy (non-hydrogen) atoms. The van der Waals surface area contributed by atoms with Gasteiger partial charge in [-0.2, -0.15) is 13.2 Å². The monoisotopic (exact) mass is 223 g/mol. The van der Waals surface area contributed by atoms with Crippen LogP contribution in [0.4, 0.5) is 23.2 Å². The molecule has 0 aromatic heterocycles. The van der Waals surface area contributed by atoms with E-state index in [2.05, 4.69) is 17.5 Å². The summed E-state index contributed by atoms with van der Waals surface area (Å²) < 4.78 is 49.3. The van der Waals surface area contributed by atoms with Gasteiger partial charge in [-0.25, -0.2) is 4.39 Å². The number of halogens is 4. The largest absolute Gasteiger partial charge is 0.416 e. The van der Waals surface area contributed by atoms with Crippen LogP contribution in [-0.4, -0.2) is 5.49 Å². The first kappa shape index (κ1) is 10.9. The minimum atomic E-state index is -4.48. The van der Waals surface area contributed by atoms with E-state index in [-0.39, 0.29) is 5.69 Å². The third-order valence-electron chi connectivity index (χ3n) is 1.51. The third kappa shape index (κ3) is 2.41. The molecular formula is C8H5F4NS. The van der Waals surface area contributed by atoms with Crippen molar-refractivity contribution < 1.29 is 17.6 Å². The summed E-state index contributed by atoms with van der Waals surface area (Å²) in [7, 11) is 0. The van der Waals surface area contributed by atoms with Crippen molar-refractivity contribution in [2.45, 2.75) is 6.18 Å². The topological polar surface area (TPSA) is 12.0 Å². The number of hydrogen-bond acceptors (Lipinski definition) is 1. The van der Waals surface area contributed by atoms with Crippen molar-refractivity contribution in [3.63, 3.8) is 0 Å². The molecule has 0 saturated heterocycles. The van der Waals surface area contributed by atoms with E-state index in [1.807, 2.05) is 0 Å². The highest BCUT2D eigenvalue weighted by Crippen LogP contribution is 2.31. The molecule has 0 radical (unpaired) electrons. The Kier molecular flexibility index (Phi) is 3.05. The minimum Gasteiger partial charge on any atom is -0.350 e. The second-order valence-corrected chi connectivity index (χ2v) is 2.69. The van der Waals surface area contributed by atoms with E-state index in [4.69, 9.17) is 0 Å². The number of alkyl halides is 3. The highest BCUT2D eigenvalue weighted by molar-refractivity contribution is 7.79. The van der Waals surface area contributed by atoms with Crippen molar-refractivity contribution in [2.75, 3.05) is 5.32 Å². The first-order valence-corrected chi connectivity index (χ1v) is 3.99. The van der Waals surface area contributed by atoms with Crippen molar-refractivity contribution in [2.24, 2.45) is 0 Å². The number of anilines is 1. The summed E-state index contributed by atoms with van der Waals surface area (Å²) in [4.78, 5) is 0. The van der Waals surface area contributed by atoms with Crippen molar-refractivity contribution in [1.82, 2.24) is 0 Å². The summed E-state index contributed by atoms with van der Waals surface area (Å²) in [5.74, 6) is -0.779. The standard InChI is InChI=1S/C8H5F4NS/c9-6-2-1-5(8(10,11)12)3-7(6)13-4-14/h1-4H,(H,13,14). The summed E-state index contributed by atoms with van der Waals surface area (Å²) in [5, 5.41) is 2.20. The maximum Gasteiger partial charge on any atom is 0.416 e. The molecule has 0 aliphatic carbocycles. The first-order valence-electron chi connectivity index (χ1n) is 3.52. The van der Waals surface area contributed by atoms with Gasteiger partial charge in [0, 0.05) is 0 Å². The average Bonchev–Trinajstić information content (AvgIpc) is 2.07. The lowest BCUT2D eigenvalue weighted by atomic mass is 10.2. The van der Waals surface area contributed by atoms with Gasteiger partial charge >= 0.3 is 6.18 Å². The normalized spacial score (nSPS) is 11.1. The molecule has 0 aliphatic heterocycles. The second-order valence-electron chi connectivity index (χ2n) is 2.45.